The lowest BCUT2D eigenvalue weighted by Gasteiger charge is -2.40. The maximum absolute atomic E-state index is 6.26. The number of benzene rings is 1. The van der Waals surface area contributed by atoms with Crippen LogP contribution >= 0.6 is 0 Å². The van der Waals surface area contributed by atoms with E-state index in [1.807, 2.05) is 0 Å². The molecule has 2 aliphatic heterocycles. The first-order valence-corrected chi connectivity index (χ1v) is 8.56. The second-order valence-corrected chi connectivity index (χ2v) is 7.53. The third-order valence-corrected chi connectivity index (χ3v) is 5.49. The maximum atomic E-state index is 6.26. The Balaban J connectivity index is 1.65. The van der Waals surface area contributed by atoms with Crippen molar-refractivity contribution >= 4 is 0 Å². The third kappa shape index (κ3) is 3.37. The molecule has 0 aromatic heterocycles. The third-order valence-electron chi connectivity index (χ3n) is 5.49. The molecule has 0 unspecified atom stereocenters. The van der Waals surface area contributed by atoms with E-state index in [1.54, 1.807) is 0 Å². The molecule has 0 radical (unpaired) electrons. The zero-order valence-electron chi connectivity index (χ0n) is 14.6. The van der Waals surface area contributed by atoms with Crippen LogP contribution in [0.15, 0.2) is 18.2 Å². The van der Waals surface area contributed by atoms with E-state index in [2.05, 4.69) is 55.9 Å². The van der Waals surface area contributed by atoms with Crippen molar-refractivity contribution in [2.24, 2.45) is 0 Å². The Hall–Kier alpha value is -0.900. The van der Waals surface area contributed by atoms with Crippen molar-refractivity contribution in [1.82, 2.24) is 9.80 Å². The highest BCUT2D eigenvalue weighted by atomic mass is 16.5. The lowest BCUT2D eigenvalue weighted by molar-refractivity contribution is -0.0932. The SMILES string of the molecule is Cc1ccc(C)c(CN2CC[C@@]3(C[C@@H](N(C)C)CCO3)C2)c1. The summed E-state index contributed by atoms with van der Waals surface area (Å²) in [4.78, 5) is 4.96. The van der Waals surface area contributed by atoms with Crippen molar-refractivity contribution in [2.45, 2.75) is 51.3 Å². The predicted molar refractivity (Wildman–Crippen MR) is 91.2 cm³/mol. The number of likely N-dealkylation sites (tertiary alicyclic amines) is 1. The lowest BCUT2D eigenvalue weighted by Crippen LogP contribution is -2.48. The van der Waals surface area contributed by atoms with Crippen LogP contribution in [0.5, 0.6) is 0 Å². The monoisotopic (exact) mass is 302 g/mol. The molecule has 0 saturated carbocycles. The Morgan fingerprint density at radius 2 is 2.14 bits per heavy atom. The molecule has 2 aliphatic rings. The Kier molecular flexibility index (Phi) is 4.58. The topological polar surface area (TPSA) is 15.7 Å². The van der Waals surface area contributed by atoms with Gasteiger partial charge in [0, 0.05) is 32.3 Å². The summed E-state index contributed by atoms with van der Waals surface area (Å²) in [7, 11) is 4.40. The van der Waals surface area contributed by atoms with Crippen LogP contribution < -0.4 is 0 Å². The van der Waals surface area contributed by atoms with Gasteiger partial charge >= 0.3 is 0 Å². The fourth-order valence-electron chi connectivity index (χ4n) is 4.00. The van der Waals surface area contributed by atoms with Gasteiger partial charge in [0.05, 0.1) is 5.60 Å². The first-order valence-electron chi connectivity index (χ1n) is 8.56. The van der Waals surface area contributed by atoms with E-state index in [0.29, 0.717) is 6.04 Å². The maximum Gasteiger partial charge on any atom is 0.0835 e. The molecule has 3 rings (SSSR count). The average Bonchev–Trinajstić information content (AvgIpc) is 2.85. The van der Waals surface area contributed by atoms with Gasteiger partial charge in [-0.2, -0.15) is 0 Å². The molecule has 122 valence electrons. The molecule has 3 heteroatoms. The Labute approximate surface area is 135 Å². The summed E-state index contributed by atoms with van der Waals surface area (Å²) >= 11 is 0. The zero-order chi connectivity index (χ0) is 15.7. The van der Waals surface area contributed by atoms with E-state index < -0.39 is 0 Å². The van der Waals surface area contributed by atoms with E-state index in [1.165, 1.54) is 36.0 Å². The van der Waals surface area contributed by atoms with Gasteiger partial charge < -0.3 is 9.64 Å². The molecule has 0 aliphatic carbocycles. The summed E-state index contributed by atoms with van der Waals surface area (Å²) in [5, 5.41) is 0. The molecule has 2 saturated heterocycles. The van der Waals surface area contributed by atoms with Crippen LogP contribution in [0.1, 0.15) is 36.0 Å². The van der Waals surface area contributed by atoms with Crippen LogP contribution in [0.25, 0.3) is 0 Å². The minimum Gasteiger partial charge on any atom is -0.373 e. The fourth-order valence-corrected chi connectivity index (χ4v) is 4.00. The highest BCUT2D eigenvalue weighted by molar-refractivity contribution is 5.30. The van der Waals surface area contributed by atoms with Crippen LogP contribution in [0.3, 0.4) is 0 Å². The number of nitrogens with zero attached hydrogens (tertiary/aromatic N) is 2. The van der Waals surface area contributed by atoms with Gasteiger partial charge in [0.25, 0.3) is 0 Å². The molecule has 22 heavy (non-hydrogen) atoms. The first-order chi connectivity index (χ1) is 10.5. The van der Waals surface area contributed by atoms with Gasteiger partial charge in [-0.3, -0.25) is 4.90 Å². The van der Waals surface area contributed by atoms with Crippen molar-refractivity contribution in [3.63, 3.8) is 0 Å². The summed E-state index contributed by atoms with van der Waals surface area (Å²) in [6, 6.07) is 7.46. The standard InChI is InChI=1S/C19H30N2O/c1-15-5-6-16(2)17(11-15)13-21-9-8-19(14-21)12-18(20(3)4)7-10-22-19/h5-6,11,18H,7-10,12-14H2,1-4H3/t18-,19+/m0/s1. The van der Waals surface area contributed by atoms with E-state index in [-0.39, 0.29) is 5.60 Å². The molecule has 2 heterocycles. The second-order valence-electron chi connectivity index (χ2n) is 7.53. The van der Waals surface area contributed by atoms with Gasteiger partial charge in [0.1, 0.15) is 0 Å². The van der Waals surface area contributed by atoms with E-state index >= 15 is 0 Å². The number of hydrogen-bond donors (Lipinski definition) is 0. The summed E-state index contributed by atoms with van der Waals surface area (Å²) in [5.41, 5.74) is 4.33. The second kappa shape index (κ2) is 6.31. The van der Waals surface area contributed by atoms with Crippen molar-refractivity contribution in [3.05, 3.63) is 34.9 Å². The minimum absolute atomic E-state index is 0.102. The summed E-state index contributed by atoms with van der Waals surface area (Å²) in [6.07, 6.45) is 3.54. The summed E-state index contributed by atoms with van der Waals surface area (Å²) in [5.74, 6) is 0. The molecule has 3 nitrogen and oxygen atoms in total. The number of ether oxygens (including phenoxy) is 1. The Morgan fingerprint density at radius 3 is 2.91 bits per heavy atom. The zero-order valence-corrected chi connectivity index (χ0v) is 14.6. The number of aryl methyl sites for hydroxylation is 2. The molecule has 1 spiro atoms. The van der Waals surface area contributed by atoms with Gasteiger partial charge in [0.15, 0.2) is 0 Å². The average molecular weight is 302 g/mol. The Bertz CT molecular complexity index is 528. The molecule has 0 amide bonds. The molecule has 2 atom stereocenters. The molecule has 0 bridgehead atoms. The van der Waals surface area contributed by atoms with Crippen LogP contribution in [0.2, 0.25) is 0 Å². The van der Waals surface area contributed by atoms with Gasteiger partial charge in [-0.1, -0.05) is 23.8 Å². The summed E-state index contributed by atoms with van der Waals surface area (Å²) in [6.45, 7) is 8.63. The molecular formula is C19H30N2O. The fraction of sp³-hybridized carbons (Fsp3) is 0.684. The van der Waals surface area contributed by atoms with Gasteiger partial charge in [-0.25, -0.2) is 0 Å². The van der Waals surface area contributed by atoms with E-state index in [9.17, 15) is 0 Å². The normalized spacial score (nSPS) is 29.6. The van der Waals surface area contributed by atoms with Crippen molar-refractivity contribution in [2.75, 3.05) is 33.8 Å². The largest absolute Gasteiger partial charge is 0.373 e. The van der Waals surface area contributed by atoms with Crippen LogP contribution in [-0.2, 0) is 11.3 Å². The van der Waals surface area contributed by atoms with Gasteiger partial charge in [-0.15, -0.1) is 0 Å². The van der Waals surface area contributed by atoms with E-state index in [0.717, 1.165) is 26.2 Å². The highest BCUT2D eigenvalue weighted by Gasteiger charge is 2.43. The highest BCUT2D eigenvalue weighted by Crippen LogP contribution is 2.36. The number of rotatable bonds is 3. The van der Waals surface area contributed by atoms with Crippen LogP contribution in [0.4, 0.5) is 0 Å². The molecule has 0 N–H and O–H groups in total. The van der Waals surface area contributed by atoms with Gasteiger partial charge in [-0.05, 0) is 58.3 Å². The quantitative estimate of drug-likeness (QED) is 0.854. The smallest absolute Gasteiger partial charge is 0.0835 e. The number of hydrogen-bond acceptors (Lipinski definition) is 3. The minimum atomic E-state index is 0.102. The molecular weight excluding hydrogens is 272 g/mol. The predicted octanol–water partition coefficient (Wildman–Crippen LogP) is 2.99. The van der Waals surface area contributed by atoms with E-state index in [4.69, 9.17) is 4.74 Å². The van der Waals surface area contributed by atoms with Crippen molar-refractivity contribution < 1.29 is 4.74 Å². The van der Waals surface area contributed by atoms with Crippen molar-refractivity contribution in [1.29, 1.82) is 0 Å². The van der Waals surface area contributed by atoms with Gasteiger partial charge in [0.2, 0.25) is 0 Å². The van der Waals surface area contributed by atoms with Crippen molar-refractivity contribution in [3.8, 4) is 0 Å². The Morgan fingerprint density at radius 1 is 1.32 bits per heavy atom. The molecule has 2 fully saturated rings. The summed E-state index contributed by atoms with van der Waals surface area (Å²) < 4.78 is 6.26. The molecule has 1 aromatic rings. The van der Waals surface area contributed by atoms with Crippen LogP contribution in [0, 0.1) is 13.8 Å². The lowest BCUT2D eigenvalue weighted by atomic mass is 9.89. The molecule has 1 aromatic carbocycles. The first kappa shape index (κ1) is 16.0. The van der Waals surface area contributed by atoms with Crippen LogP contribution in [-0.4, -0.2) is 55.2 Å².